The van der Waals surface area contributed by atoms with Gasteiger partial charge in [0.15, 0.2) is 0 Å². The minimum atomic E-state index is -0.125. The molecule has 0 bridgehead atoms. The standard InChI is InChI=1S/C14H22O.C2H6/c1-11(2)5-6-13-9-14(4,10-15)8-7-12(13)3;1-2/h5,7,10,13H,6,8-9H2,1-4H3;1-2H3. The Labute approximate surface area is 107 Å². The Bertz CT molecular complexity index is 295. The summed E-state index contributed by atoms with van der Waals surface area (Å²) >= 11 is 0. The number of carbonyl (C=O) groups is 1. The van der Waals surface area contributed by atoms with Crippen molar-refractivity contribution in [3.63, 3.8) is 0 Å². The van der Waals surface area contributed by atoms with Crippen LogP contribution in [0.25, 0.3) is 0 Å². The van der Waals surface area contributed by atoms with Crippen LogP contribution in [0.2, 0.25) is 0 Å². The van der Waals surface area contributed by atoms with Gasteiger partial charge < -0.3 is 4.79 Å². The number of rotatable bonds is 3. The van der Waals surface area contributed by atoms with Gasteiger partial charge in [-0.15, -0.1) is 0 Å². The summed E-state index contributed by atoms with van der Waals surface area (Å²) in [6, 6.07) is 0. The molecule has 0 aromatic rings. The SMILES string of the molecule is CC.CC(C)=CCC1CC(C)(C=O)CC=C1C. The van der Waals surface area contributed by atoms with Gasteiger partial charge in [0.25, 0.3) is 0 Å². The fourth-order valence-corrected chi connectivity index (χ4v) is 2.11. The van der Waals surface area contributed by atoms with E-state index < -0.39 is 0 Å². The maximum atomic E-state index is 11.0. The molecule has 2 atom stereocenters. The molecule has 1 aliphatic rings. The third-order valence-electron chi connectivity index (χ3n) is 3.34. The fourth-order valence-electron chi connectivity index (χ4n) is 2.11. The maximum Gasteiger partial charge on any atom is 0.126 e. The van der Waals surface area contributed by atoms with Crippen LogP contribution in [0.15, 0.2) is 23.3 Å². The Hall–Kier alpha value is -0.850. The Morgan fingerprint density at radius 3 is 2.53 bits per heavy atom. The molecular formula is C16H28O. The summed E-state index contributed by atoms with van der Waals surface area (Å²) in [5.74, 6) is 0.559. The molecule has 0 aromatic heterocycles. The molecule has 0 fully saturated rings. The maximum absolute atomic E-state index is 11.0. The molecular weight excluding hydrogens is 208 g/mol. The van der Waals surface area contributed by atoms with Crippen LogP contribution in [0.1, 0.15) is 60.8 Å². The van der Waals surface area contributed by atoms with Gasteiger partial charge in [0.2, 0.25) is 0 Å². The molecule has 98 valence electrons. The molecule has 2 unspecified atom stereocenters. The molecule has 0 aromatic carbocycles. The van der Waals surface area contributed by atoms with Gasteiger partial charge in [0.1, 0.15) is 6.29 Å². The summed E-state index contributed by atoms with van der Waals surface area (Å²) in [4.78, 5) is 11.0. The Morgan fingerprint density at radius 1 is 1.47 bits per heavy atom. The van der Waals surface area contributed by atoms with E-state index in [1.54, 1.807) is 0 Å². The van der Waals surface area contributed by atoms with E-state index in [4.69, 9.17) is 0 Å². The summed E-state index contributed by atoms with van der Waals surface area (Å²) in [5, 5.41) is 0. The monoisotopic (exact) mass is 236 g/mol. The van der Waals surface area contributed by atoms with E-state index in [0.717, 1.165) is 25.5 Å². The van der Waals surface area contributed by atoms with Gasteiger partial charge in [-0.25, -0.2) is 0 Å². The highest BCUT2D eigenvalue weighted by atomic mass is 16.1. The van der Waals surface area contributed by atoms with Crippen LogP contribution in [-0.2, 0) is 4.79 Å². The quantitative estimate of drug-likeness (QED) is 0.501. The minimum absolute atomic E-state index is 0.125. The molecule has 0 spiro atoms. The molecule has 1 heteroatoms. The fraction of sp³-hybridized carbons (Fsp3) is 0.688. The minimum Gasteiger partial charge on any atom is -0.303 e. The van der Waals surface area contributed by atoms with Gasteiger partial charge >= 0.3 is 0 Å². The van der Waals surface area contributed by atoms with Crippen LogP contribution in [0.5, 0.6) is 0 Å². The summed E-state index contributed by atoms with van der Waals surface area (Å²) in [6.07, 6.45) is 8.63. The van der Waals surface area contributed by atoms with Crippen molar-refractivity contribution in [3.8, 4) is 0 Å². The van der Waals surface area contributed by atoms with Crippen LogP contribution < -0.4 is 0 Å². The molecule has 1 aliphatic carbocycles. The van der Waals surface area contributed by atoms with Crippen molar-refractivity contribution in [1.29, 1.82) is 0 Å². The molecule has 0 saturated carbocycles. The van der Waals surface area contributed by atoms with Gasteiger partial charge in [0, 0.05) is 5.41 Å². The van der Waals surface area contributed by atoms with E-state index in [-0.39, 0.29) is 5.41 Å². The van der Waals surface area contributed by atoms with Crippen molar-refractivity contribution in [2.75, 3.05) is 0 Å². The van der Waals surface area contributed by atoms with E-state index in [2.05, 4.69) is 39.8 Å². The molecule has 1 rings (SSSR count). The average Bonchev–Trinajstić information content (AvgIpc) is 2.33. The second kappa shape index (κ2) is 7.47. The lowest BCUT2D eigenvalue weighted by molar-refractivity contribution is -0.116. The van der Waals surface area contributed by atoms with E-state index in [9.17, 15) is 4.79 Å². The number of allylic oxidation sites excluding steroid dienone is 4. The number of hydrogen-bond acceptors (Lipinski definition) is 1. The van der Waals surface area contributed by atoms with Crippen molar-refractivity contribution in [2.45, 2.75) is 60.8 Å². The van der Waals surface area contributed by atoms with E-state index in [1.165, 1.54) is 11.1 Å². The van der Waals surface area contributed by atoms with Gasteiger partial charge in [-0.05, 0) is 46.0 Å². The molecule has 0 radical (unpaired) electrons. The molecule has 0 N–H and O–H groups in total. The zero-order valence-corrected chi connectivity index (χ0v) is 12.3. The Balaban J connectivity index is 0.00000121. The third kappa shape index (κ3) is 5.34. The van der Waals surface area contributed by atoms with Gasteiger partial charge in [-0.1, -0.05) is 44.1 Å². The first kappa shape index (κ1) is 16.1. The van der Waals surface area contributed by atoms with Crippen LogP contribution in [-0.4, -0.2) is 6.29 Å². The van der Waals surface area contributed by atoms with E-state index in [1.807, 2.05) is 13.8 Å². The molecule has 0 amide bonds. The summed E-state index contributed by atoms with van der Waals surface area (Å²) < 4.78 is 0. The normalized spacial score (nSPS) is 27.4. The van der Waals surface area contributed by atoms with Crippen molar-refractivity contribution in [1.82, 2.24) is 0 Å². The predicted octanol–water partition coefficient (Wildman–Crippen LogP) is 4.93. The Kier molecular flexibility index (Phi) is 7.10. The second-order valence-electron chi connectivity index (χ2n) is 5.34. The van der Waals surface area contributed by atoms with Crippen LogP contribution >= 0.6 is 0 Å². The van der Waals surface area contributed by atoms with Gasteiger partial charge in [-0.2, -0.15) is 0 Å². The van der Waals surface area contributed by atoms with Crippen LogP contribution in [0, 0.1) is 11.3 Å². The zero-order chi connectivity index (χ0) is 13.5. The number of carbonyl (C=O) groups excluding carboxylic acids is 1. The van der Waals surface area contributed by atoms with Crippen LogP contribution in [0.3, 0.4) is 0 Å². The second-order valence-corrected chi connectivity index (χ2v) is 5.34. The third-order valence-corrected chi connectivity index (χ3v) is 3.34. The number of hydrogen-bond donors (Lipinski definition) is 0. The lowest BCUT2D eigenvalue weighted by Crippen LogP contribution is -2.26. The van der Waals surface area contributed by atoms with Gasteiger partial charge in [0.05, 0.1) is 0 Å². The summed E-state index contributed by atoms with van der Waals surface area (Å²) in [6.45, 7) is 12.5. The zero-order valence-electron chi connectivity index (χ0n) is 12.3. The largest absolute Gasteiger partial charge is 0.303 e. The summed E-state index contributed by atoms with van der Waals surface area (Å²) in [7, 11) is 0. The lowest BCUT2D eigenvalue weighted by atomic mass is 9.71. The Morgan fingerprint density at radius 2 is 2.06 bits per heavy atom. The highest BCUT2D eigenvalue weighted by Gasteiger charge is 2.30. The van der Waals surface area contributed by atoms with E-state index >= 15 is 0 Å². The van der Waals surface area contributed by atoms with Crippen molar-refractivity contribution in [3.05, 3.63) is 23.3 Å². The molecule has 0 aliphatic heterocycles. The topological polar surface area (TPSA) is 17.1 Å². The molecule has 17 heavy (non-hydrogen) atoms. The van der Waals surface area contributed by atoms with Crippen molar-refractivity contribution >= 4 is 6.29 Å². The van der Waals surface area contributed by atoms with Crippen molar-refractivity contribution < 1.29 is 4.79 Å². The highest BCUT2D eigenvalue weighted by Crippen LogP contribution is 2.38. The summed E-state index contributed by atoms with van der Waals surface area (Å²) in [5.41, 5.74) is 2.69. The first-order valence-electron chi connectivity index (χ1n) is 6.73. The van der Waals surface area contributed by atoms with Crippen molar-refractivity contribution in [2.24, 2.45) is 11.3 Å². The first-order valence-corrected chi connectivity index (χ1v) is 6.73. The smallest absolute Gasteiger partial charge is 0.126 e. The molecule has 0 saturated heterocycles. The molecule has 0 heterocycles. The highest BCUT2D eigenvalue weighted by molar-refractivity contribution is 5.59. The molecule has 1 nitrogen and oxygen atoms in total. The number of aldehydes is 1. The predicted molar refractivity (Wildman–Crippen MR) is 76.0 cm³/mol. The first-order chi connectivity index (χ1) is 7.97. The van der Waals surface area contributed by atoms with E-state index in [0.29, 0.717) is 5.92 Å². The van der Waals surface area contributed by atoms with Gasteiger partial charge in [-0.3, -0.25) is 0 Å². The average molecular weight is 236 g/mol. The lowest BCUT2D eigenvalue weighted by Gasteiger charge is -2.32. The van der Waals surface area contributed by atoms with Crippen LogP contribution in [0.4, 0.5) is 0 Å².